The second-order valence-electron chi connectivity index (χ2n) is 5.41. The Balaban J connectivity index is 2.04. The summed E-state index contributed by atoms with van der Waals surface area (Å²) < 4.78 is 0. The van der Waals surface area contributed by atoms with Crippen molar-refractivity contribution in [3.8, 4) is 0 Å². The van der Waals surface area contributed by atoms with Gasteiger partial charge in [0.2, 0.25) is 0 Å². The van der Waals surface area contributed by atoms with Gasteiger partial charge in [0.25, 0.3) is 0 Å². The van der Waals surface area contributed by atoms with Crippen LogP contribution in [0.25, 0.3) is 0 Å². The van der Waals surface area contributed by atoms with Crippen molar-refractivity contribution in [3.05, 3.63) is 35.9 Å². The van der Waals surface area contributed by atoms with Crippen LogP contribution >= 0.6 is 0 Å². The number of aliphatic hydroxyl groups excluding tert-OH is 1. The van der Waals surface area contributed by atoms with E-state index in [-0.39, 0.29) is 5.92 Å². The number of carboxylic acid groups (broad SMARTS) is 1. The van der Waals surface area contributed by atoms with Crippen LogP contribution in [-0.4, -0.2) is 46.3 Å². The second kappa shape index (κ2) is 6.58. The maximum atomic E-state index is 12.2. The van der Waals surface area contributed by atoms with Crippen LogP contribution in [0.3, 0.4) is 0 Å². The highest BCUT2D eigenvalue weighted by Gasteiger charge is 2.30. The van der Waals surface area contributed by atoms with Crippen molar-refractivity contribution in [2.45, 2.75) is 25.5 Å². The van der Waals surface area contributed by atoms with Gasteiger partial charge in [-0.1, -0.05) is 37.3 Å². The third-order valence-electron chi connectivity index (χ3n) is 3.79. The number of likely N-dealkylation sites (tertiary alicyclic amines) is 1. The summed E-state index contributed by atoms with van der Waals surface area (Å²) in [6, 6.07) is 7.11. The monoisotopic (exact) mass is 292 g/mol. The number of nitrogens with one attached hydrogen (secondary N) is 1. The average molecular weight is 292 g/mol. The van der Waals surface area contributed by atoms with Gasteiger partial charge in [-0.2, -0.15) is 0 Å². The van der Waals surface area contributed by atoms with Crippen LogP contribution in [0, 0.1) is 5.92 Å². The molecule has 1 aliphatic rings. The largest absolute Gasteiger partial charge is 0.479 e. The van der Waals surface area contributed by atoms with E-state index in [1.807, 2.05) is 6.92 Å². The Labute approximate surface area is 123 Å². The number of carboxylic acids is 1. The smallest absolute Gasteiger partial charge is 0.330 e. The van der Waals surface area contributed by atoms with Gasteiger partial charge in [0.05, 0.1) is 6.10 Å². The van der Waals surface area contributed by atoms with Gasteiger partial charge in [-0.25, -0.2) is 9.59 Å². The van der Waals surface area contributed by atoms with E-state index in [0.717, 1.165) is 0 Å². The lowest BCUT2D eigenvalue weighted by molar-refractivity contribution is -0.139. The van der Waals surface area contributed by atoms with Gasteiger partial charge < -0.3 is 20.4 Å². The predicted octanol–water partition coefficient (Wildman–Crippen LogP) is 1.22. The normalized spacial score (nSPS) is 23.4. The zero-order valence-electron chi connectivity index (χ0n) is 11.9. The molecule has 6 heteroatoms. The standard InChI is InChI=1S/C15H20N2O4/c1-10-9-17(8-7-12(10)18)15(21)16-13(14(19)20)11-5-3-2-4-6-11/h2-6,10,12-13,18H,7-9H2,1H3,(H,16,21)(H,19,20). The number of carbonyl (C=O) groups is 2. The highest BCUT2D eigenvalue weighted by Crippen LogP contribution is 2.18. The van der Waals surface area contributed by atoms with Crippen molar-refractivity contribution in [2.75, 3.05) is 13.1 Å². The van der Waals surface area contributed by atoms with Crippen LogP contribution in [-0.2, 0) is 4.79 Å². The quantitative estimate of drug-likeness (QED) is 0.781. The Bertz CT molecular complexity index is 506. The number of piperidine rings is 1. The summed E-state index contributed by atoms with van der Waals surface area (Å²) in [4.78, 5) is 25.1. The first-order chi connectivity index (χ1) is 9.99. The Kier molecular flexibility index (Phi) is 4.80. The molecule has 0 aromatic heterocycles. The fourth-order valence-corrected chi connectivity index (χ4v) is 2.47. The van der Waals surface area contributed by atoms with Crippen LogP contribution in [0.1, 0.15) is 24.9 Å². The zero-order chi connectivity index (χ0) is 15.4. The minimum absolute atomic E-state index is 0.00972. The summed E-state index contributed by atoms with van der Waals surface area (Å²) in [6.07, 6.45) is 0.107. The molecule has 0 bridgehead atoms. The molecular weight excluding hydrogens is 272 g/mol. The number of aliphatic hydroxyl groups is 1. The first-order valence-electron chi connectivity index (χ1n) is 7.00. The summed E-state index contributed by atoms with van der Waals surface area (Å²) in [6.45, 7) is 2.72. The molecule has 6 nitrogen and oxygen atoms in total. The van der Waals surface area contributed by atoms with Crippen molar-refractivity contribution in [3.63, 3.8) is 0 Å². The molecule has 1 saturated heterocycles. The minimum Gasteiger partial charge on any atom is -0.479 e. The second-order valence-corrected chi connectivity index (χ2v) is 5.41. The number of rotatable bonds is 3. The molecule has 114 valence electrons. The van der Waals surface area contributed by atoms with Crippen LogP contribution in [0.15, 0.2) is 30.3 Å². The molecule has 0 spiro atoms. The third kappa shape index (κ3) is 3.72. The zero-order valence-corrected chi connectivity index (χ0v) is 11.9. The van der Waals surface area contributed by atoms with E-state index in [2.05, 4.69) is 5.32 Å². The molecule has 0 aliphatic carbocycles. The lowest BCUT2D eigenvalue weighted by Gasteiger charge is -2.35. The molecule has 1 aliphatic heterocycles. The molecule has 2 rings (SSSR count). The maximum absolute atomic E-state index is 12.2. The number of carbonyl (C=O) groups excluding carboxylic acids is 1. The fourth-order valence-electron chi connectivity index (χ4n) is 2.47. The van der Waals surface area contributed by atoms with Crippen molar-refractivity contribution in [1.29, 1.82) is 0 Å². The first-order valence-corrected chi connectivity index (χ1v) is 7.00. The van der Waals surface area contributed by atoms with Gasteiger partial charge in [-0.3, -0.25) is 0 Å². The molecule has 3 atom stereocenters. The number of nitrogens with zero attached hydrogens (tertiary/aromatic N) is 1. The van der Waals surface area contributed by atoms with Crippen molar-refractivity contribution in [2.24, 2.45) is 5.92 Å². The Morgan fingerprint density at radius 1 is 1.33 bits per heavy atom. The van der Waals surface area contributed by atoms with Crippen LogP contribution in [0.5, 0.6) is 0 Å². The lowest BCUT2D eigenvalue weighted by Crippen LogP contribution is -2.50. The number of benzene rings is 1. The summed E-state index contributed by atoms with van der Waals surface area (Å²) in [7, 11) is 0. The predicted molar refractivity (Wildman–Crippen MR) is 76.7 cm³/mol. The number of hydrogen-bond acceptors (Lipinski definition) is 3. The van der Waals surface area contributed by atoms with Gasteiger partial charge in [0, 0.05) is 13.1 Å². The molecule has 1 fully saturated rings. The summed E-state index contributed by atoms with van der Waals surface area (Å²) in [5, 5.41) is 21.5. The molecule has 21 heavy (non-hydrogen) atoms. The maximum Gasteiger partial charge on any atom is 0.330 e. The topological polar surface area (TPSA) is 89.9 Å². The molecule has 1 heterocycles. The van der Waals surface area contributed by atoms with Crippen molar-refractivity contribution in [1.82, 2.24) is 10.2 Å². The number of hydrogen-bond donors (Lipinski definition) is 3. The molecular formula is C15H20N2O4. The van der Waals surface area contributed by atoms with Gasteiger partial charge in [0.1, 0.15) is 0 Å². The molecule has 1 aromatic carbocycles. The van der Waals surface area contributed by atoms with E-state index in [1.165, 1.54) is 0 Å². The summed E-state index contributed by atoms with van der Waals surface area (Å²) in [5.74, 6) is -1.11. The van der Waals surface area contributed by atoms with Crippen LogP contribution in [0.2, 0.25) is 0 Å². The molecule has 3 N–H and O–H groups in total. The number of urea groups is 1. The molecule has 0 radical (unpaired) electrons. The lowest BCUT2D eigenvalue weighted by atomic mass is 9.97. The van der Waals surface area contributed by atoms with E-state index in [0.29, 0.717) is 25.1 Å². The van der Waals surface area contributed by atoms with E-state index < -0.39 is 24.1 Å². The molecule has 2 amide bonds. The van der Waals surface area contributed by atoms with Gasteiger partial charge in [-0.05, 0) is 17.9 Å². The summed E-state index contributed by atoms with van der Waals surface area (Å²) >= 11 is 0. The van der Waals surface area contributed by atoms with E-state index in [9.17, 15) is 19.8 Å². The van der Waals surface area contributed by atoms with E-state index >= 15 is 0 Å². The van der Waals surface area contributed by atoms with Gasteiger partial charge in [0.15, 0.2) is 6.04 Å². The number of aliphatic carboxylic acids is 1. The minimum atomic E-state index is -1.10. The highest BCUT2D eigenvalue weighted by atomic mass is 16.4. The van der Waals surface area contributed by atoms with E-state index in [4.69, 9.17) is 0 Å². The van der Waals surface area contributed by atoms with E-state index in [1.54, 1.807) is 35.2 Å². The Morgan fingerprint density at radius 3 is 2.57 bits per heavy atom. The Morgan fingerprint density at radius 2 is 2.00 bits per heavy atom. The van der Waals surface area contributed by atoms with Crippen LogP contribution < -0.4 is 5.32 Å². The number of amides is 2. The van der Waals surface area contributed by atoms with Gasteiger partial charge >= 0.3 is 12.0 Å². The highest BCUT2D eigenvalue weighted by molar-refractivity contribution is 5.83. The molecule has 3 unspecified atom stereocenters. The SMILES string of the molecule is CC1CN(C(=O)NC(C(=O)O)c2ccccc2)CCC1O. The van der Waals surface area contributed by atoms with Crippen molar-refractivity contribution >= 4 is 12.0 Å². The van der Waals surface area contributed by atoms with Gasteiger partial charge in [-0.15, -0.1) is 0 Å². The van der Waals surface area contributed by atoms with Crippen LogP contribution in [0.4, 0.5) is 4.79 Å². The fraction of sp³-hybridized carbons (Fsp3) is 0.467. The molecule has 1 aromatic rings. The van der Waals surface area contributed by atoms with Crippen molar-refractivity contribution < 1.29 is 19.8 Å². The Hall–Kier alpha value is -2.08. The molecule has 0 saturated carbocycles. The summed E-state index contributed by atoms with van der Waals surface area (Å²) in [5.41, 5.74) is 0.531. The first kappa shape index (κ1) is 15.3. The third-order valence-corrected chi connectivity index (χ3v) is 3.79. The average Bonchev–Trinajstić information content (AvgIpc) is 2.48.